The summed E-state index contributed by atoms with van der Waals surface area (Å²) in [6.07, 6.45) is 0. The van der Waals surface area contributed by atoms with Crippen molar-refractivity contribution in [3.63, 3.8) is 0 Å². The quantitative estimate of drug-likeness (QED) is 0.609. The van der Waals surface area contributed by atoms with Crippen LogP contribution in [0, 0.1) is 6.92 Å². The average Bonchev–Trinajstić information content (AvgIpc) is 2.66. The van der Waals surface area contributed by atoms with Gasteiger partial charge in [-0.05, 0) is 42.8 Å². The van der Waals surface area contributed by atoms with Gasteiger partial charge >= 0.3 is 0 Å². The van der Waals surface area contributed by atoms with E-state index in [1.807, 2.05) is 43.3 Å². The van der Waals surface area contributed by atoms with Gasteiger partial charge in [0.1, 0.15) is 17.3 Å². The van der Waals surface area contributed by atoms with Gasteiger partial charge in [-0.25, -0.2) is 4.98 Å². The Hall–Kier alpha value is -2.99. The minimum absolute atomic E-state index is 0.494. The molecule has 0 aliphatic heterocycles. The normalized spacial score (nSPS) is 10.4. The third-order valence-corrected chi connectivity index (χ3v) is 4.19. The summed E-state index contributed by atoms with van der Waals surface area (Å²) in [7, 11) is 3.24. The Morgan fingerprint density at radius 2 is 1.74 bits per heavy atom. The van der Waals surface area contributed by atoms with Crippen LogP contribution in [0.2, 0.25) is 5.02 Å². The first kappa shape index (κ1) is 18.8. The summed E-state index contributed by atoms with van der Waals surface area (Å²) in [4.78, 5) is 8.94. The molecule has 2 N–H and O–H groups in total. The minimum Gasteiger partial charge on any atom is -0.497 e. The molecule has 27 heavy (non-hydrogen) atoms. The largest absolute Gasteiger partial charge is 0.497 e. The molecule has 0 amide bonds. The molecular formula is C20H21ClN4O2. The van der Waals surface area contributed by atoms with Crippen molar-refractivity contribution in [2.75, 3.05) is 24.9 Å². The molecule has 0 bridgehead atoms. The number of ether oxygens (including phenoxy) is 2. The Labute approximate surface area is 163 Å². The van der Waals surface area contributed by atoms with Crippen LogP contribution in [0.1, 0.15) is 11.3 Å². The Kier molecular flexibility index (Phi) is 5.98. The second-order valence-electron chi connectivity index (χ2n) is 5.89. The number of halogens is 1. The van der Waals surface area contributed by atoms with Gasteiger partial charge in [0, 0.05) is 24.0 Å². The zero-order chi connectivity index (χ0) is 19.2. The minimum atomic E-state index is 0.494. The summed E-state index contributed by atoms with van der Waals surface area (Å²) >= 11 is 6.17. The van der Waals surface area contributed by atoms with Gasteiger partial charge in [-0.15, -0.1) is 0 Å². The SMILES string of the molecule is COc1ccc(CNc2cc(C)nc(Nc3ccc(OC)c(Cl)c3)n2)cc1. The first-order chi connectivity index (χ1) is 13.1. The molecule has 140 valence electrons. The van der Waals surface area contributed by atoms with E-state index in [4.69, 9.17) is 21.1 Å². The number of rotatable bonds is 7. The highest BCUT2D eigenvalue weighted by Crippen LogP contribution is 2.28. The number of hydrogen-bond donors (Lipinski definition) is 2. The van der Waals surface area contributed by atoms with Gasteiger partial charge < -0.3 is 20.1 Å². The molecule has 2 aromatic carbocycles. The highest BCUT2D eigenvalue weighted by atomic mass is 35.5. The third kappa shape index (κ3) is 5.01. The van der Waals surface area contributed by atoms with Crippen LogP contribution < -0.4 is 20.1 Å². The van der Waals surface area contributed by atoms with Crippen LogP contribution in [0.5, 0.6) is 11.5 Å². The molecule has 0 saturated carbocycles. The van der Waals surface area contributed by atoms with E-state index in [0.717, 1.165) is 28.5 Å². The number of aromatic nitrogens is 2. The van der Waals surface area contributed by atoms with Crippen LogP contribution in [0.4, 0.5) is 17.5 Å². The maximum Gasteiger partial charge on any atom is 0.229 e. The average molecular weight is 385 g/mol. The maximum atomic E-state index is 6.17. The zero-order valence-electron chi connectivity index (χ0n) is 15.4. The summed E-state index contributed by atoms with van der Waals surface area (Å²) in [5.41, 5.74) is 2.76. The van der Waals surface area contributed by atoms with E-state index in [1.54, 1.807) is 26.4 Å². The molecule has 0 radical (unpaired) electrons. The third-order valence-electron chi connectivity index (χ3n) is 3.89. The van der Waals surface area contributed by atoms with Crippen LogP contribution in [-0.2, 0) is 6.54 Å². The second-order valence-corrected chi connectivity index (χ2v) is 6.30. The zero-order valence-corrected chi connectivity index (χ0v) is 16.2. The molecule has 7 heteroatoms. The van der Waals surface area contributed by atoms with E-state index in [2.05, 4.69) is 20.6 Å². The van der Waals surface area contributed by atoms with Gasteiger partial charge in [-0.3, -0.25) is 0 Å². The van der Waals surface area contributed by atoms with E-state index in [-0.39, 0.29) is 0 Å². The highest BCUT2D eigenvalue weighted by molar-refractivity contribution is 6.32. The fourth-order valence-electron chi connectivity index (χ4n) is 2.52. The number of benzene rings is 2. The topological polar surface area (TPSA) is 68.3 Å². The molecule has 0 saturated heterocycles. The van der Waals surface area contributed by atoms with Crippen molar-refractivity contribution in [1.82, 2.24) is 9.97 Å². The number of anilines is 3. The number of methoxy groups -OCH3 is 2. The Balaban J connectivity index is 1.70. The maximum absolute atomic E-state index is 6.17. The molecule has 0 spiro atoms. The van der Waals surface area contributed by atoms with Crippen molar-refractivity contribution in [2.45, 2.75) is 13.5 Å². The molecule has 1 aromatic heterocycles. The summed E-state index contributed by atoms with van der Waals surface area (Å²) in [5, 5.41) is 7.01. The molecule has 0 fully saturated rings. The first-order valence-electron chi connectivity index (χ1n) is 8.40. The van der Waals surface area contributed by atoms with E-state index < -0.39 is 0 Å². The predicted octanol–water partition coefficient (Wildman–Crippen LogP) is 4.81. The summed E-state index contributed by atoms with van der Waals surface area (Å²) < 4.78 is 10.3. The van der Waals surface area contributed by atoms with Crippen molar-refractivity contribution in [1.29, 1.82) is 0 Å². The van der Waals surface area contributed by atoms with Crippen LogP contribution in [0.25, 0.3) is 0 Å². The monoisotopic (exact) mass is 384 g/mol. The molecule has 3 rings (SSSR count). The number of nitrogens with one attached hydrogen (secondary N) is 2. The van der Waals surface area contributed by atoms with Crippen LogP contribution >= 0.6 is 11.6 Å². The molecular weight excluding hydrogens is 364 g/mol. The first-order valence-corrected chi connectivity index (χ1v) is 8.78. The molecule has 0 unspecified atom stereocenters. The van der Waals surface area contributed by atoms with E-state index in [0.29, 0.717) is 23.3 Å². The molecule has 3 aromatic rings. The van der Waals surface area contributed by atoms with Crippen molar-refractivity contribution in [3.8, 4) is 11.5 Å². The van der Waals surface area contributed by atoms with Gasteiger partial charge in [0.05, 0.1) is 19.2 Å². The molecule has 0 atom stereocenters. The van der Waals surface area contributed by atoms with Crippen LogP contribution in [0.3, 0.4) is 0 Å². The Bertz CT molecular complexity index is 916. The summed E-state index contributed by atoms with van der Waals surface area (Å²) in [5.74, 6) is 2.68. The van der Waals surface area contributed by atoms with E-state index in [9.17, 15) is 0 Å². The number of nitrogens with zero attached hydrogens (tertiary/aromatic N) is 2. The van der Waals surface area contributed by atoms with Crippen molar-refractivity contribution < 1.29 is 9.47 Å². The Morgan fingerprint density at radius 1 is 0.963 bits per heavy atom. The van der Waals surface area contributed by atoms with Gasteiger partial charge in [0.2, 0.25) is 5.95 Å². The molecule has 0 aliphatic carbocycles. The number of hydrogen-bond acceptors (Lipinski definition) is 6. The van der Waals surface area contributed by atoms with Gasteiger partial charge in [0.15, 0.2) is 0 Å². The summed E-state index contributed by atoms with van der Waals surface area (Å²) in [6.45, 7) is 2.57. The lowest BCUT2D eigenvalue weighted by Gasteiger charge is -2.11. The van der Waals surface area contributed by atoms with Crippen molar-refractivity contribution in [2.24, 2.45) is 0 Å². The Morgan fingerprint density at radius 3 is 2.41 bits per heavy atom. The van der Waals surface area contributed by atoms with Gasteiger partial charge in [-0.2, -0.15) is 4.98 Å². The smallest absolute Gasteiger partial charge is 0.229 e. The lowest BCUT2D eigenvalue weighted by atomic mass is 10.2. The lowest BCUT2D eigenvalue weighted by molar-refractivity contribution is 0.414. The standard InChI is InChI=1S/C20H21ClN4O2/c1-13-10-19(22-12-14-4-7-16(26-2)8-5-14)25-20(23-13)24-15-6-9-18(27-3)17(21)11-15/h4-11H,12H2,1-3H3,(H2,22,23,24,25). The van der Waals surface area contributed by atoms with Gasteiger partial charge in [-0.1, -0.05) is 23.7 Å². The molecule has 1 heterocycles. The van der Waals surface area contributed by atoms with Crippen LogP contribution in [-0.4, -0.2) is 24.2 Å². The fourth-order valence-corrected chi connectivity index (χ4v) is 2.78. The lowest BCUT2D eigenvalue weighted by Crippen LogP contribution is -2.05. The van der Waals surface area contributed by atoms with Gasteiger partial charge in [0.25, 0.3) is 0 Å². The second kappa shape index (κ2) is 8.60. The highest BCUT2D eigenvalue weighted by Gasteiger charge is 2.06. The van der Waals surface area contributed by atoms with E-state index >= 15 is 0 Å². The molecule has 0 aliphatic rings. The van der Waals surface area contributed by atoms with E-state index in [1.165, 1.54) is 0 Å². The fraction of sp³-hybridized carbons (Fsp3) is 0.200. The number of aryl methyl sites for hydroxylation is 1. The predicted molar refractivity (Wildman–Crippen MR) is 108 cm³/mol. The molecule has 6 nitrogen and oxygen atoms in total. The van der Waals surface area contributed by atoms with Crippen molar-refractivity contribution in [3.05, 3.63) is 64.8 Å². The van der Waals surface area contributed by atoms with Crippen molar-refractivity contribution >= 4 is 29.1 Å². The summed E-state index contributed by atoms with van der Waals surface area (Å²) in [6, 6.07) is 15.2. The van der Waals surface area contributed by atoms with Crippen LogP contribution in [0.15, 0.2) is 48.5 Å².